The van der Waals surface area contributed by atoms with Crippen LogP contribution in [0.4, 0.5) is 13.2 Å². The summed E-state index contributed by atoms with van der Waals surface area (Å²) < 4.78 is 61.2. The minimum atomic E-state index is -5.23. The Bertz CT molecular complexity index is 698. The van der Waals surface area contributed by atoms with Crippen molar-refractivity contribution in [2.75, 3.05) is 32.7 Å². The molecule has 1 aromatic rings. The van der Waals surface area contributed by atoms with Crippen molar-refractivity contribution in [3.63, 3.8) is 0 Å². The molecule has 1 fully saturated rings. The standard InChI is InChI=1S/C16H25F3N4O2S2/c1-2-20-15(21-8-5-14-4-3-11-26-14)22-12-13-6-9-23(10-7-13)27(24,25)16(17,18)19/h3-4,11,13H,2,5-10,12H2,1H3,(H2,20,21,22). The zero-order chi connectivity index (χ0) is 19.9. The highest BCUT2D eigenvalue weighted by Gasteiger charge is 2.50. The zero-order valence-corrected chi connectivity index (χ0v) is 16.8. The topological polar surface area (TPSA) is 73.8 Å². The number of thiophene rings is 1. The molecule has 2 N–H and O–H groups in total. The molecule has 154 valence electrons. The zero-order valence-electron chi connectivity index (χ0n) is 15.1. The summed E-state index contributed by atoms with van der Waals surface area (Å²) in [5, 5.41) is 8.41. The summed E-state index contributed by atoms with van der Waals surface area (Å²) in [4.78, 5) is 5.77. The molecular weight excluding hydrogens is 401 g/mol. The van der Waals surface area contributed by atoms with Crippen molar-refractivity contribution in [3.05, 3.63) is 22.4 Å². The number of hydrogen-bond donors (Lipinski definition) is 2. The van der Waals surface area contributed by atoms with Crippen LogP contribution in [-0.2, 0) is 16.4 Å². The second-order valence-corrected chi connectivity index (χ2v) is 9.23. The third-order valence-corrected chi connectivity index (χ3v) is 6.87. The first-order chi connectivity index (χ1) is 12.7. The van der Waals surface area contributed by atoms with E-state index in [1.165, 1.54) is 4.88 Å². The average molecular weight is 427 g/mol. The van der Waals surface area contributed by atoms with E-state index in [9.17, 15) is 21.6 Å². The second-order valence-electron chi connectivity index (χ2n) is 6.27. The normalized spacial score (nSPS) is 17.9. The van der Waals surface area contributed by atoms with Crippen LogP contribution in [0.3, 0.4) is 0 Å². The smallest absolute Gasteiger partial charge is 0.357 e. The SMILES string of the molecule is CCNC(=NCC1CCN(S(=O)(=O)C(F)(F)F)CC1)NCCc1cccs1. The Hall–Kier alpha value is -1.33. The van der Waals surface area contributed by atoms with Crippen molar-refractivity contribution in [2.45, 2.75) is 31.7 Å². The van der Waals surface area contributed by atoms with Gasteiger partial charge in [0.1, 0.15) is 0 Å². The van der Waals surface area contributed by atoms with Gasteiger partial charge in [0.05, 0.1) is 0 Å². The van der Waals surface area contributed by atoms with Crippen molar-refractivity contribution < 1.29 is 21.6 Å². The van der Waals surface area contributed by atoms with E-state index in [0.29, 0.717) is 36.2 Å². The summed E-state index contributed by atoms with van der Waals surface area (Å²) in [5.41, 5.74) is -5.23. The Morgan fingerprint density at radius 2 is 2.04 bits per heavy atom. The van der Waals surface area contributed by atoms with Gasteiger partial charge in [0.25, 0.3) is 0 Å². The first-order valence-electron chi connectivity index (χ1n) is 8.85. The molecule has 2 rings (SSSR count). The Labute approximate surface area is 161 Å². The fourth-order valence-electron chi connectivity index (χ4n) is 2.80. The van der Waals surface area contributed by atoms with Crippen LogP contribution in [0.1, 0.15) is 24.6 Å². The molecule has 1 aromatic heterocycles. The molecule has 11 heteroatoms. The van der Waals surface area contributed by atoms with Crippen LogP contribution >= 0.6 is 11.3 Å². The molecule has 6 nitrogen and oxygen atoms in total. The number of sulfonamides is 1. The van der Waals surface area contributed by atoms with Crippen molar-refractivity contribution in [1.82, 2.24) is 14.9 Å². The van der Waals surface area contributed by atoms with Gasteiger partial charge in [0.15, 0.2) is 5.96 Å². The summed E-state index contributed by atoms with van der Waals surface area (Å²) in [5.74, 6) is 0.733. The van der Waals surface area contributed by atoms with Crippen LogP contribution < -0.4 is 10.6 Å². The van der Waals surface area contributed by atoms with Crippen LogP contribution in [0, 0.1) is 5.92 Å². The molecule has 1 aliphatic rings. The molecule has 0 aliphatic carbocycles. The van der Waals surface area contributed by atoms with Crippen LogP contribution in [-0.4, -0.2) is 56.9 Å². The summed E-state index contributed by atoms with van der Waals surface area (Å²) in [6, 6.07) is 4.07. The number of guanidine groups is 1. The molecule has 27 heavy (non-hydrogen) atoms. The first-order valence-corrected chi connectivity index (χ1v) is 11.2. The Kier molecular flexibility index (Phi) is 7.92. The van der Waals surface area contributed by atoms with Gasteiger partial charge >= 0.3 is 15.5 Å². The van der Waals surface area contributed by atoms with Crippen LogP contribution in [0.25, 0.3) is 0 Å². The number of nitrogens with one attached hydrogen (secondary N) is 2. The largest absolute Gasteiger partial charge is 0.511 e. The number of nitrogens with zero attached hydrogens (tertiary/aromatic N) is 2. The minimum absolute atomic E-state index is 0.0671. The lowest BCUT2D eigenvalue weighted by Crippen LogP contribution is -2.45. The van der Waals surface area contributed by atoms with Gasteiger partial charge in [0.2, 0.25) is 0 Å². The summed E-state index contributed by atoms with van der Waals surface area (Å²) in [7, 11) is -5.22. The quantitative estimate of drug-likeness (QED) is 0.519. The lowest BCUT2D eigenvalue weighted by molar-refractivity contribution is -0.0496. The maximum Gasteiger partial charge on any atom is 0.511 e. The average Bonchev–Trinajstić information content (AvgIpc) is 3.12. The molecule has 0 aromatic carbocycles. The van der Waals surface area contributed by atoms with Gasteiger partial charge in [-0.2, -0.15) is 17.5 Å². The van der Waals surface area contributed by atoms with Gasteiger partial charge in [-0.25, -0.2) is 8.42 Å². The van der Waals surface area contributed by atoms with Gasteiger partial charge in [0, 0.05) is 37.6 Å². The lowest BCUT2D eigenvalue weighted by Gasteiger charge is -2.30. The van der Waals surface area contributed by atoms with Crippen molar-refractivity contribution in [1.29, 1.82) is 0 Å². The molecule has 0 atom stereocenters. The van der Waals surface area contributed by atoms with Crippen molar-refractivity contribution in [3.8, 4) is 0 Å². The predicted octanol–water partition coefficient (Wildman–Crippen LogP) is 2.41. The third-order valence-electron chi connectivity index (χ3n) is 4.30. The summed E-state index contributed by atoms with van der Waals surface area (Å²) >= 11 is 1.69. The van der Waals surface area contributed by atoms with Crippen LogP contribution in [0.2, 0.25) is 0 Å². The monoisotopic (exact) mass is 426 g/mol. The molecule has 0 spiro atoms. The third kappa shape index (κ3) is 6.35. The second kappa shape index (κ2) is 9.74. The van der Waals surface area contributed by atoms with E-state index >= 15 is 0 Å². The number of halogens is 3. The van der Waals surface area contributed by atoms with Gasteiger partial charge in [-0.15, -0.1) is 11.3 Å². The van der Waals surface area contributed by atoms with Gasteiger partial charge in [-0.1, -0.05) is 6.07 Å². The molecule has 0 saturated carbocycles. The summed E-state index contributed by atoms with van der Waals surface area (Å²) in [6.07, 6.45) is 1.62. The van der Waals surface area contributed by atoms with Gasteiger partial charge in [-0.05, 0) is 43.6 Å². The Balaban J connectivity index is 1.81. The maximum atomic E-state index is 12.6. The van der Waals surface area contributed by atoms with Crippen LogP contribution in [0.5, 0.6) is 0 Å². The lowest BCUT2D eigenvalue weighted by atomic mass is 9.98. The highest BCUT2D eigenvalue weighted by atomic mass is 32.2. The van der Waals surface area contributed by atoms with E-state index in [-0.39, 0.29) is 19.0 Å². The van der Waals surface area contributed by atoms with E-state index in [1.807, 2.05) is 18.4 Å². The predicted molar refractivity (Wildman–Crippen MR) is 101 cm³/mol. The van der Waals surface area contributed by atoms with Crippen molar-refractivity contribution >= 4 is 27.3 Å². The van der Waals surface area contributed by atoms with E-state index in [0.717, 1.165) is 13.0 Å². The minimum Gasteiger partial charge on any atom is -0.357 e. The molecule has 1 saturated heterocycles. The molecule has 1 aliphatic heterocycles. The molecule has 0 unspecified atom stereocenters. The Morgan fingerprint density at radius 1 is 1.33 bits per heavy atom. The maximum absolute atomic E-state index is 12.6. The number of aliphatic imine (C=N–C) groups is 1. The molecule has 0 amide bonds. The van der Waals surface area contributed by atoms with E-state index < -0.39 is 15.5 Å². The van der Waals surface area contributed by atoms with E-state index in [4.69, 9.17) is 0 Å². The van der Waals surface area contributed by atoms with E-state index in [1.54, 1.807) is 11.3 Å². The number of alkyl halides is 3. The molecule has 2 heterocycles. The highest BCUT2D eigenvalue weighted by Crippen LogP contribution is 2.30. The molecular formula is C16H25F3N4O2S2. The highest BCUT2D eigenvalue weighted by molar-refractivity contribution is 7.90. The fourth-order valence-corrected chi connectivity index (χ4v) is 4.49. The number of rotatable bonds is 7. The summed E-state index contributed by atoms with van der Waals surface area (Å²) in [6.45, 7) is 3.60. The number of hydrogen-bond acceptors (Lipinski definition) is 4. The van der Waals surface area contributed by atoms with Crippen LogP contribution in [0.15, 0.2) is 22.5 Å². The molecule has 0 radical (unpaired) electrons. The van der Waals surface area contributed by atoms with E-state index in [2.05, 4.69) is 21.7 Å². The fraction of sp³-hybridized carbons (Fsp3) is 0.688. The van der Waals surface area contributed by atoms with Gasteiger partial charge in [-0.3, -0.25) is 4.99 Å². The molecule has 0 bridgehead atoms. The Morgan fingerprint density at radius 3 is 2.59 bits per heavy atom. The van der Waals surface area contributed by atoms with Crippen molar-refractivity contribution in [2.24, 2.45) is 10.9 Å². The first kappa shape index (κ1) is 22.0. The van der Waals surface area contributed by atoms with Gasteiger partial charge < -0.3 is 10.6 Å². The number of piperidine rings is 1.